The molecule has 0 bridgehead atoms. The highest BCUT2D eigenvalue weighted by atomic mass is 16.5. The van der Waals surface area contributed by atoms with Crippen molar-refractivity contribution in [2.45, 2.75) is 58.9 Å². The molecule has 26 heavy (non-hydrogen) atoms. The maximum absolute atomic E-state index is 5.60. The monoisotopic (exact) mass is 356 g/mol. The Morgan fingerprint density at radius 1 is 1.27 bits per heavy atom. The van der Waals surface area contributed by atoms with E-state index in [9.17, 15) is 0 Å². The van der Waals surface area contributed by atoms with Crippen LogP contribution >= 0.6 is 0 Å². The number of piperidine rings is 1. The number of aromatic nitrogens is 4. The lowest BCUT2D eigenvalue weighted by atomic mass is 9.96. The smallest absolute Gasteiger partial charge is 0.231 e. The maximum Gasteiger partial charge on any atom is 0.231 e. The van der Waals surface area contributed by atoms with Crippen LogP contribution in [0, 0.1) is 12.8 Å². The minimum atomic E-state index is 0.282. The van der Waals surface area contributed by atoms with Crippen molar-refractivity contribution in [2.75, 3.05) is 24.5 Å². The van der Waals surface area contributed by atoms with Crippen LogP contribution in [0.25, 0.3) is 0 Å². The summed E-state index contributed by atoms with van der Waals surface area (Å²) in [4.78, 5) is 16.5. The normalized spacial score (nSPS) is 20.5. The number of nitrogens with one attached hydrogen (secondary N) is 1. The van der Waals surface area contributed by atoms with Gasteiger partial charge in [0.2, 0.25) is 5.89 Å². The van der Waals surface area contributed by atoms with Crippen molar-refractivity contribution in [3.05, 3.63) is 28.8 Å². The summed E-state index contributed by atoms with van der Waals surface area (Å²) < 4.78 is 5.60. The van der Waals surface area contributed by atoms with E-state index in [0.29, 0.717) is 5.92 Å². The van der Waals surface area contributed by atoms with E-state index in [-0.39, 0.29) is 5.92 Å². The van der Waals surface area contributed by atoms with Crippen molar-refractivity contribution in [3.8, 4) is 0 Å². The number of hydrogen-bond donors (Lipinski definition) is 1. The Balaban J connectivity index is 1.56. The number of fused-ring (bicyclic) bond motifs is 1. The largest absolute Gasteiger partial charge is 0.355 e. The van der Waals surface area contributed by atoms with Crippen LogP contribution in [0.15, 0.2) is 4.52 Å². The zero-order valence-electron chi connectivity index (χ0n) is 16.0. The number of rotatable bonds is 4. The molecule has 0 spiro atoms. The molecule has 1 unspecified atom stereocenters. The molecule has 2 aromatic rings. The Labute approximate surface area is 154 Å². The molecule has 0 aromatic carbocycles. The van der Waals surface area contributed by atoms with Gasteiger partial charge < -0.3 is 14.7 Å². The van der Waals surface area contributed by atoms with Crippen molar-refractivity contribution >= 4 is 5.82 Å². The summed E-state index contributed by atoms with van der Waals surface area (Å²) >= 11 is 0. The van der Waals surface area contributed by atoms with Gasteiger partial charge in [-0.15, -0.1) is 0 Å². The second-order valence-electron chi connectivity index (χ2n) is 7.88. The molecule has 4 heterocycles. The van der Waals surface area contributed by atoms with E-state index >= 15 is 0 Å². The number of anilines is 1. The number of nitrogens with zero attached hydrogens (tertiary/aromatic N) is 5. The third-order valence-corrected chi connectivity index (χ3v) is 5.17. The van der Waals surface area contributed by atoms with Crippen LogP contribution < -0.4 is 10.2 Å². The van der Waals surface area contributed by atoms with Crippen molar-refractivity contribution in [1.29, 1.82) is 0 Å². The number of aryl methyl sites for hydroxylation is 1. The van der Waals surface area contributed by atoms with Gasteiger partial charge in [0, 0.05) is 31.6 Å². The molecule has 140 valence electrons. The molecule has 1 atom stereocenters. The second-order valence-corrected chi connectivity index (χ2v) is 7.88. The van der Waals surface area contributed by atoms with Gasteiger partial charge >= 0.3 is 0 Å². The highest BCUT2D eigenvalue weighted by molar-refractivity contribution is 5.51. The first-order valence-electron chi connectivity index (χ1n) is 9.74. The highest BCUT2D eigenvalue weighted by Gasteiger charge is 2.29. The van der Waals surface area contributed by atoms with Crippen LogP contribution in [0.2, 0.25) is 0 Å². The van der Waals surface area contributed by atoms with E-state index in [1.165, 1.54) is 5.56 Å². The second kappa shape index (κ2) is 7.31. The van der Waals surface area contributed by atoms with Crippen LogP contribution in [-0.4, -0.2) is 39.7 Å². The molecular weight excluding hydrogens is 328 g/mol. The quantitative estimate of drug-likeness (QED) is 0.901. The van der Waals surface area contributed by atoms with Gasteiger partial charge in [0.05, 0.1) is 11.6 Å². The van der Waals surface area contributed by atoms with Crippen LogP contribution in [-0.2, 0) is 19.4 Å². The molecule has 4 rings (SSSR count). The van der Waals surface area contributed by atoms with Gasteiger partial charge in [-0.2, -0.15) is 4.98 Å². The first kappa shape index (κ1) is 17.4. The Kier molecular flexibility index (Phi) is 4.89. The first-order valence-corrected chi connectivity index (χ1v) is 9.74. The molecule has 0 amide bonds. The third kappa shape index (κ3) is 3.58. The van der Waals surface area contributed by atoms with Crippen LogP contribution in [0.4, 0.5) is 5.82 Å². The van der Waals surface area contributed by atoms with Gasteiger partial charge in [-0.25, -0.2) is 9.97 Å². The van der Waals surface area contributed by atoms with Crippen LogP contribution in [0.1, 0.15) is 61.4 Å². The molecule has 1 fully saturated rings. The Bertz CT molecular complexity index is 771. The summed E-state index contributed by atoms with van der Waals surface area (Å²) in [5, 5.41) is 7.58. The van der Waals surface area contributed by atoms with Crippen LogP contribution in [0.5, 0.6) is 0 Å². The molecule has 0 saturated carbocycles. The van der Waals surface area contributed by atoms with Crippen LogP contribution in [0.3, 0.4) is 0 Å². The van der Waals surface area contributed by atoms with Gasteiger partial charge in [0.25, 0.3) is 0 Å². The molecule has 1 saturated heterocycles. The third-order valence-electron chi connectivity index (χ3n) is 5.17. The molecule has 2 aliphatic rings. The summed E-state index contributed by atoms with van der Waals surface area (Å²) in [5.74, 6) is 4.39. The molecule has 2 aliphatic heterocycles. The lowest BCUT2D eigenvalue weighted by Gasteiger charge is -2.34. The summed E-state index contributed by atoms with van der Waals surface area (Å²) in [5.41, 5.74) is 2.46. The topological polar surface area (TPSA) is 80.0 Å². The predicted molar refractivity (Wildman–Crippen MR) is 99.2 cm³/mol. The lowest BCUT2D eigenvalue weighted by Crippen LogP contribution is -2.37. The summed E-state index contributed by atoms with van der Waals surface area (Å²) in [6, 6.07) is 0. The van der Waals surface area contributed by atoms with Crippen molar-refractivity contribution in [1.82, 2.24) is 25.4 Å². The fraction of sp³-hybridized carbons (Fsp3) is 0.684. The zero-order valence-corrected chi connectivity index (χ0v) is 16.0. The molecule has 2 aromatic heterocycles. The maximum atomic E-state index is 5.60. The molecule has 7 nitrogen and oxygen atoms in total. The molecule has 0 aliphatic carbocycles. The summed E-state index contributed by atoms with van der Waals surface area (Å²) in [6.45, 7) is 10.1. The van der Waals surface area contributed by atoms with Crippen molar-refractivity contribution in [3.63, 3.8) is 0 Å². The van der Waals surface area contributed by atoms with E-state index in [1.54, 1.807) is 0 Å². The SMILES string of the molecule is Cc1nc2c(c(N3CCCC(c4nc(CC(C)C)no4)C3)n1)CCNC2. The summed E-state index contributed by atoms with van der Waals surface area (Å²) in [7, 11) is 0. The van der Waals surface area contributed by atoms with Gasteiger partial charge in [-0.3, -0.25) is 0 Å². The van der Waals surface area contributed by atoms with Crippen molar-refractivity contribution < 1.29 is 4.52 Å². The highest BCUT2D eigenvalue weighted by Crippen LogP contribution is 2.31. The average molecular weight is 356 g/mol. The number of hydrogen-bond acceptors (Lipinski definition) is 7. The zero-order chi connectivity index (χ0) is 18.1. The molecule has 0 radical (unpaired) electrons. The fourth-order valence-corrected chi connectivity index (χ4v) is 3.97. The van der Waals surface area contributed by atoms with Gasteiger partial charge in [-0.05, 0) is 38.6 Å². The van der Waals surface area contributed by atoms with Gasteiger partial charge in [0.1, 0.15) is 11.6 Å². The van der Waals surface area contributed by atoms with E-state index in [0.717, 1.165) is 80.9 Å². The Morgan fingerprint density at radius 2 is 2.15 bits per heavy atom. The first-order chi connectivity index (χ1) is 12.6. The fourth-order valence-electron chi connectivity index (χ4n) is 3.97. The average Bonchev–Trinajstić information content (AvgIpc) is 3.09. The summed E-state index contributed by atoms with van der Waals surface area (Å²) in [6.07, 6.45) is 4.06. The minimum Gasteiger partial charge on any atom is -0.355 e. The molecule has 7 heteroatoms. The van der Waals surface area contributed by atoms with Gasteiger partial charge in [-0.1, -0.05) is 19.0 Å². The Hall–Kier alpha value is -2.02. The molecular formula is C19H28N6O. The lowest BCUT2D eigenvalue weighted by molar-refractivity contribution is 0.329. The van der Waals surface area contributed by atoms with E-state index < -0.39 is 0 Å². The minimum absolute atomic E-state index is 0.282. The molecule has 1 N–H and O–H groups in total. The predicted octanol–water partition coefficient (Wildman–Crippen LogP) is 2.40. The van der Waals surface area contributed by atoms with E-state index in [2.05, 4.69) is 39.2 Å². The van der Waals surface area contributed by atoms with Gasteiger partial charge in [0.15, 0.2) is 5.82 Å². The van der Waals surface area contributed by atoms with Crippen molar-refractivity contribution in [2.24, 2.45) is 5.92 Å². The van der Waals surface area contributed by atoms with E-state index in [4.69, 9.17) is 9.51 Å². The standard InChI is InChI=1S/C19H28N6O/c1-12(2)9-17-23-19(26-24-17)14-5-4-8-25(11-14)18-15-6-7-20-10-16(15)21-13(3)22-18/h12,14,20H,4-11H2,1-3H3. The van der Waals surface area contributed by atoms with E-state index in [1.807, 2.05) is 6.92 Å². The Morgan fingerprint density at radius 3 is 3.00 bits per heavy atom.